The van der Waals surface area contributed by atoms with Gasteiger partial charge in [-0.05, 0) is 57.0 Å². The van der Waals surface area contributed by atoms with Gasteiger partial charge in [-0.15, -0.1) is 15.3 Å². The highest BCUT2D eigenvalue weighted by atomic mass is 15.4. The largest absolute Gasteiger partial charge is 0.368 e. The van der Waals surface area contributed by atoms with Crippen LogP contribution < -0.4 is 5.32 Å². The first kappa shape index (κ1) is 16.0. The van der Waals surface area contributed by atoms with Crippen molar-refractivity contribution < 1.29 is 0 Å². The summed E-state index contributed by atoms with van der Waals surface area (Å²) >= 11 is 0. The van der Waals surface area contributed by atoms with Gasteiger partial charge >= 0.3 is 0 Å². The van der Waals surface area contributed by atoms with E-state index in [1.807, 2.05) is 19.1 Å². The first-order chi connectivity index (χ1) is 12.2. The van der Waals surface area contributed by atoms with E-state index >= 15 is 0 Å². The molecule has 4 rings (SSSR count). The minimum atomic E-state index is 0.447. The molecule has 130 valence electrons. The van der Waals surface area contributed by atoms with Gasteiger partial charge in [0.15, 0.2) is 11.5 Å². The van der Waals surface area contributed by atoms with Gasteiger partial charge < -0.3 is 5.32 Å². The number of benzene rings is 1. The number of aromatic nitrogens is 4. The molecule has 0 spiro atoms. The van der Waals surface area contributed by atoms with Crippen LogP contribution in [0.25, 0.3) is 5.65 Å². The second-order valence-corrected chi connectivity index (χ2v) is 6.86. The predicted molar refractivity (Wildman–Crippen MR) is 98.5 cm³/mol. The third-order valence-electron chi connectivity index (χ3n) is 5.11. The Balaban J connectivity index is 1.52. The average molecular weight is 336 g/mol. The van der Waals surface area contributed by atoms with Crippen molar-refractivity contribution in [3.05, 3.63) is 53.9 Å². The molecule has 2 aromatic heterocycles. The Morgan fingerprint density at radius 3 is 2.80 bits per heavy atom. The molecule has 25 heavy (non-hydrogen) atoms. The average Bonchev–Trinajstić information content (AvgIpc) is 3.01. The van der Waals surface area contributed by atoms with Crippen LogP contribution in [-0.2, 0) is 0 Å². The van der Waals surface area contributed by atoms with Crippen molar-refractivity contribution in [1.29, 1.82) is 0 Å². The molecule has 0 amide bonds. The van der Waals surface area contributed by atoms with Crippen LogP contribution in [0.3, 0.4) is 0 Å². The molecule has 1 saturated heterocycles. The number of nitrogens with one attached hydrogen (secondary N) is 1. The van der Waals surface area contributed by atoms with E-state index in [1.54, 1.807) is 4.52 Å². The molecule has 0 radical (unpaired) electrons. The molecule has 6 nitrogen and oxygen atoms in total. The van der Waals surface area contributed by atoms with Gasteiger partial charge in [-0.2, -0.15) is 4.52 Å². The van der Waals surface area contributed by atoms with E-state index in [4.69, 9.17) is 0 Å². The van der Waals surface area contributed by atoms with Crippen LogP contribution in [0.5, 0.6) is 0 Å². The van der Waals surface area contributed by atoms with E-state index in [2.05, 4.69) is 62.9 Å². The topological polar surface area (TPSA) is 58.4 Å². The van der Waals surface area contributed by atoms with Crippen molar-refractivity contribution in [2.45, 2.75) is 25.8 Å². The number of hydrogen-bond acceptors (Lipinski definition) is 5. The van der Waals surface area contributed by atoms with Crippen molar-refractivity contribution in [2.24, 2.45) is 5.92 Å². The molecule has 1 aliphatic rings. The summed E-state index contributed by atoms with van der Waals surface area (Å²) in [6, 6.07) is 15.2. The summed E-state index contributed by atoms with van der Waals surface area (Å²) in [7, 11) is 2.23. The minimum Gasteiger partial charge on any atom is -0.368 e. The molecule has 3 aromatic rings. The van der Waals surface area contributed by atoms with Gasteiger partial charge in [0.05, 0.1) is 0 Å². The number of nitrogens with zero attached hydrogens (tertiary/aromatic N) is 5. The molecule has 0 saturated carbocycles. The highest BCUT2D eigenvalue weighted by molar-refractivity contribution is 5.43. The van der Waals surface area contributed by atoms with Gasteiger partial charge in [-0.25, -0.2) is 0 Å². The van der Waals surface area contributed by atoms with E-state index < -0.39 is 0 Å². The number of likely N-dealkylation sites (tertiary alicyclic amines) is 1. The predicted octanol–water partition coefficient (Wildman–Crippen LogP) is 2.93. The highest BCUT2D eigenvalue weighted by Gasteiger charge is 2.30. The number of rotatable bonds is 4. The summed E-state index contributed by atoms with van der Waals surface area (Å²) in [5.74, 6) is 2.23. The quantitative estimate of drug-likeness (QED) is 0.794. The van der Waals surface area contributed by atoms with Crippen LogP contribution in [0.4, 0.5) is 5.82 Å². The van der Waals surface area contributed by atoms with Gasteiger partial charge in [0.25, 0.3) is 0 Å². The Kier molecular flexibility index (Phi) is 4.36. The number of anilines is 1. The maximum Gasteiger partial charge on any atom is 0.178 e. The summed E-state index contributed by atoms with van der Waals surface area (Å²) < 4.78 is 1.78. The fraction of sp³-hybridized carbons (Fsp3) is 0.421. The molecule has 1 fully saturated rings. The van der Waals surface area contributed by atoms with Crippen LogP contribution >= 0.6 is 0 Å². The standard InChI is InChI=1S/C19H24N6/c1-14-21-22-18-11-10-17(23-25(14)18)20-13-16-9-6-12-24(2)19(16)15-7-4-3-5-8-15/h3-5,7-8,10-11,16,19H,6,9,12-13H2,1-2H3,(H,20,23)/t16-,19-/m1/s1. The monoisotopic (exact) mass is 336 g/mol. The van der Waals surface area contributed by atoms with E-state index in [1.165, 1.54) is 18.4 Å². The Hall–Kier alpha value is -2.47. The number of aryl methyl sites for hydroxylation is 1. The molecule has 2 atom stereocenters. The van der Waals surface area contributed by atoms with Crippen molar-refractivity contribution in [2.75, 3.05) is 25.5 Å². The molecule has 1 aliphatic heterocycles. The molecule has 1 aromatic carbocycles. The minimum absolute atomic E-state index is 0.447. The van der Waals surface area contributed by atoms with E-state index in [9.17, 15) is 0 Å². The summed E-state index contributed by atoms with van der Waals surface area (Å²) in [5, 5.41) is 16.3. The number of fused-ring (bicyclic) bond motifs is 1. The van der Waals surface area contributed by atoms with Crippen LogP contribution in [0.1, 0.15) is 30.3 Å². The van der Waals surface area contributed by atoms with E-state index in [0.717, 1.165) is 30.4 Å². The van der Waals surface area contributed by atoms with E-state index in [-0.39, 0.29) is 0 Å². The first-order valence-corrected chi connectivity index (χ1v) is 8.90. The smallest absolute Gasteiger partial charge is 0.178 e. The Bertz CT molecular complexity index is 844. The fourth-order valence-electron chi connectivity index (χ4n) is 3.88. The molecule has 0 unspecified atom stereocenters. The van der Waals surface area contributed by atoms with Gasteiger partial charge in [-0.3, -0.25) is 4.90 Å². The molecule has 3 heterocycles. The second kappa shape index (κ2) is 6.80. The maximum absolute atomic E-state index is 4.60. The van der Waals surface area contributed by atoms with Crippen molar-refractivity contribution in [3.63, 3.8) is 0 Å². The van der Waals surface area contributed by atoms with Crippen molar-refractivity contribution in [1.82, 2.24) is 24.7 Å². The van der Waals surface area contributed by atoms with Crippen LogP contribution in [0, 0.1) is 12.8 Å². The third-order valence-corrected chi connectivity index (χ3v) is 5.11. The van der Waals surface area contributed by atoms with Crippen LogP contribution in [0.2, 0.25) is 0 Å². The molecular weight excluding hydrogens is 312 g/mol. The van der Waals surface area contributed by atoms with Gasteiger partial charge in [-0.1, -0.05) is 30.3 Å². The molecule has 0 aliphatic carbocycles. The van der Waals surface area contributed by atoms with Gasteiger partial charge in [0, 0.05) is 12.6 Å². The summed E-state index contributed by atoms with van der Waals surface area (Å²) in [6.45, 7) is 3.97. The number of piperidine rings is 1. The zero-order valence-corrected chi connectivity index (χ0v) is 14.8. The third kappa shape index (κ3) is 3.22. The lowest BCUT2D eigenvalue weighted by molar-refractivity contribution is 0.128. The second-order valence-electron chi connectivity index (χ2n) is 6.86. The summed E-state index contributed by atoms with van der Waals surface area (Å²) in [4.78, 5) is 2.48. The lowest BCUT2D eigenvalue weighted by Crippen LogP contribution is -2.39. The summed E-state index contributed by atoms with van der Waals surface area (Å²) in [5.41, 5.74) is 2.18. The Morgan fingerprint density at radius 2 is 1.96 bits per heavy atom. The van der Waals surface area contributed by atoms with Gasteiger partial charge in [0.2, 0.25) is 0 Å². The zero-order chi connectivity index (χ0) is 17.2. The van der Waals surface area contributed by atoms with E-state index in [0.29, 0.717) is 12.0 Å². The molecule has 1 N–H and O–H groups in total. The summed E-state index contributed by atoms with van der Waals surface area (Å²) in [6.07, 6.45) is 2.47. The highest BCUT2D eigenvalue weighted by Crippen LogP contribution is 2.34. The lowest BCUT2D eigenvalue weighted by atomic mass is 9.85. The van der Waals surface area contributed by atoms with Crippen molar-refractivity contribution >= 4 is 11.5 Å². The number of hydrogen-bond donors (Lipinski definition) is 1. The van der Waals surface area contributed by atoms with Crippen LogP contribution in [0.15, 0.2) is 42.5 Å². The lowest BCUT2D eigenvalue weighted by Gasteiger charge is -2.39. The molecular formula is C19H24N6. The van der Waals surface area contributed by atoms with Gasteiger partial charge in [0.1, 0.15) is 5.82 Å². The normalized spacial score (nSPS) is 21.5. The first-order valence-electron chi connectivity index (χ1n) is 8.90. The molecule has 0 bridgehead atoms. The zero-order valence-electron chi connectivity index (χ0n) is 14.8. The SMILES string of the molecule is Cc1nnc2ccc(NC[C@H]3CCCN(C)[C@@H]3c3ccccc3)nn12. The maximum atomic E-state index is 4.60. The Labute approximate surface area is 147 Å². The Morgan fingerprint density at radius 1 is 1.12 bits per heavy atom. The van der Waals surface area contributed by atoms with Crippen LogP contribution in [-0.4, -0.2) is 44.8 Å². The molecule has 6 heteroatoms. The fourth-order valence-corrected chi connectivity index (χ4v) is 3.88. The van der Waals surface area contributed by atoms with Crippen molar-refractivity contribution in [3.8, 4) is 0 Å².